The van der Waals surface area contributed by atoms with Gasteiger partial charge in [0.2, 0.25) is 15.9 Å². The number of anilines is 1. The molecule has 2 aromatic rings. The number of benzene rings is 2. The summed E-state index contributed by atoms with van der Waals surface area (Å²) in [4.78, 5) is 34.8. The molecule has 2 rings (SSSR count). The Bertz CT molecular complexity index is 1280. The third-order valence-corrected chi connectivity index (χ3v) is 6.81. The maximum absolute atomic E-state index is 12.7. The van der Waals surface area contributed by atoms with E-state index >= 15 is 0 Å². The average molecular weight is 571 g/mol. The summed E-state index contributed by atoms with van der Waals surface area (Å²) in [6.07, 6.45) is 0.906. The number of nitrogens with zero attached hydrogens (tertiary/aromatic N) is 4. The van der Waals surface area contributed by atoms with Gasteiger partial charge in [-0.05, 0) is 47.2 Å². The van der Waals surface area contributed by atoms with Crippen LogP contribution in [0.5, 0.6) is 0 Å². The Kier molecular flexibility index (Phi) is 11.1. The number of carbonyl (C=O) groups excluding carboxylic acids is 2. The second-order valence-corrected chi connectivity index (χ2v) is 10.2. The van der Waals surface area contributed by atoms with Crippen LogP contribution in [0.1, 0.15) is 18.9 Å². The Morgan fingerprint density at radius 1 is 1.11 bits per heavy atom. The van der Waals surface area contributed by atoms with Gasteiger partial charge >= 0.3 is 5.97 Å². The largest absolute Gasteiger partial charge is 0.481 e. The predicted octanol–water partition coefficient (Wildman–Crippen LogP) is 3.17. The van der Waals surface area contributed by atoms with E-state index in [1.54, 1.807) is 18.2 Å². The molecule has 0 aliphatic rings. The maximum Gasteiger partial charge on any atom is 0.305 e. The minimum atomic E-state index is -4.25. The van der Waals surface area contributed by atoms with Crippen molar-refractivity contribution in [3.63, 3.8) is 0 Å². The molecule has 0 aliphatic carbocycles. The highest BCUT2D eigenvalue weighted by molar-refractivity contribution is 7.89. The highest BCUT2D eigenvalue weighted by Gasteiger charge is 2.28. The molecule has 37 heavy (non-hydrogen) atoms. The van der Waals surface area contributed by atoms with E-state index in [9.17, 15) is 22.8 Å². The first-order valence-corrected chi connectivity index (χ1v) is 12.8. The van der Waals surface area contributed by atoms with Gasteiger partial charge < -0.3 is 10.4 Å². The van der Waals surface area contributed by atoms with Gasteiger partial charge in [-0.2, -0.15) is 4.72 Å². The first-order chi connectivity index (χ1) is 17.4. The fourth-order valence-electron chi connectivity index (χ4n) is 2.93. The molecule has 0 spiro atoms. The molecule has 15 heteroatoms. The van der Waals surface area contributed by atoms with Crippen molar-refractivity contribution in [3.05, 3.63) is 58.1 Å². The van der Waals surface area contributed by atoms with Gasteiger partial charge in [-0.25, -0.2) is 8.42 Å². The fourth-order valence-corrected chi connectivity index (χ4v) is 4.70. The number of halogens is 2. The molecule has 0 radical (unpaired) electrons. The van der Waals surface area contributed by atoms with Crippen molar-refractivity contribution >= 4 is 62.8 Å². The van der Waals surface area contributed by atoms with Crippen LogP contribution in [0.25, 0.3) is 0 Å². The lowest BCUT2D eigenvalue weighted by atomic mass is 10.1. The molecular formula is C22H24Cl2N6O6S. The van der Waals surface area contributed by atoms with Crippen molar-refractivity contribution in [1.29, 1.82) is 0 Å². The molecule has 2 aromatic carbocycles. The van der Waals surface area contributed by atoms with Crippen molar-refractivity contribution in [2.75, 3.05) is 18.9 Å². The number of aliphatic carboxylic acids is 1. The molecule has 0 aliphatic heterocycles. The van der Waals surface area contributed by atoms with Crippen LogP contribution in [-0.4, -0.2) is 62.0 Å². The summed E-state index contributed by atoms with van der Waals surface area (Å²) in [7, 11) is -2.87. The van der Waals surface area contributed by atoms with Crippen LogP contribution in [0.15, 0.2) is 62.9 Å². The number of ketones is 1. The van der Waals surface area contributed by atoms with E-state index < -0.39 is 40.8 Å². The monoisotopic (exact) mass is 570 g/mol. The minimum absolute atomic E-state index is 0.217. The molecule has 12 nitrogen and oxygen atoms in total. The number of nitrogens with one attached hydrogen (secondary N) is 2. The Labute approximate surface area is 223 Å². The summed E-state index contributed by atoms with van der Waals surface area (Å²) in [5.41, 5.74) is 1.02. The Balaban J connectivity index is 2.02. The van der Waals surface area contributed by atoms with Crippen LogP contribution < -0.4 is 10.0 Å². The number of hydrogen-bond donors (Lipinski definition) is 3. The smallest absolute Gasteiger partial charge is 0.305 e. The number of amides is 1. The van der Waals surface area contributed by atoms with Gasteiger partial charge in [0.1, 0.15) is 0 Å². The number of carboxylic acid groups (broad SMARTS) is 1. The maximum atomic E-state index is 12.7. The molecule has 0 fully saturated rings. The molecule has 1 amide bonds. The van der Waals surface area contributed by atoms with Crippen LogP contribution in [0.2, 0.25) is 10.0 Å². The van der Waals surface area contributed by atoms with Crippen LogP contribution in [0.4, 0.5) is 5.69 Å². The first-order valence-electron chi connectivity index (χ1n) is 10.6. The van der Waals surface area contributed by atoms with E-state index in [-0.39, 0.29) is 17.2 Å². The van der Waals surface area contributed by atoms with E-state index in [0.717, 1.165) is 5.01 Å². The Morgan fingerprint density at radius 3 is 2.30 bits per heavy atom. The molecular weight excluding hydrogens is 547 g/mol. The lowest BCUT2D eigenvalue weighted by molar-refractivity contribution is -0.139. The summed E-state index contributed by atoms with van der Waals surface area (Å²) < 4.78 is 27.6. The molecule has 0 saturated heterocycles. The molecule has 3 N–H and O–H groups in total. The van der Waals surface area contributed by atoms with Crippen LogP contribution in [-0.2, 0) is 30.8 Å². The van der Waals surface area contributed by atoms with Crippen LogP contribution in [0, 0.1) is 0 Å². The Hall–Kier alpha value is -3.39. The number of likely N-dealkylation sites (N-methyl/N-ethyl adjacent to an activating group) is 1. The molecule has 0 aromatic heterocycles. The van der Waals surface area contributed by atoms with Crippen molar-refractivity contribution < 1.29 is 27.9 Å². The summed E-state index contributed by atoms with van der Waals surface area (Å²) in [6.45, 7) is 0.853. The number of rotatable bonds is 13. The van der Waals surface area contributed by atoms with E-state index in [1.807, 2.05) is 0 Å². The number of sulfonamides is 1. The van der Waals surface area contributed by atoms with Crippen molar-refractivity contribution in [2.24, 2.45) is 15.5 Å². The predicted molar refractivity (Wildman–Crippen MR) is 138 cm³/mol. The number of carboxylic acids is 1. The summed E-state index contributed by atoms with van der Waals surface area (Å²) in [5, 5.41) is 24.7. The lowest BCUT2D eigenvalue weighted by Crippen LogP contribution is -2.45. The molecule has 0 heterocycles. The van der Waals surface area contributed by atoms with Crippen molar-refractivity contribution in [3.8, 4) is 0 Å². The van der Waals surface area contributed by atoms with Gasteiger partial charge in [-0.3, -0.25) is 19.4 Å². The van der Waals surface area contributed by atoms with Gasteiger partial charge in [0.05, 0.1) is 23.9 Å². The second-order valence-electron chi connectivity index (χ2n) is 7.64. The third kappa shape index (κ3) is 9.88. The van der Waals surface area contributed by atoms with Gasteiger partial charge in [0.15, 0.2) is 5.78 Å². The first kappa shape index (κ1) is 29.8. The number of Topliss-reactive ketones (excluding diaryl/α,β-unsaturated/α-hetero) is 1. The zero-order valence-electron chi connectivity index (χ0n) is 19.8. The topological polar surface area (TPSA) is 170 Å². The number of hydrogen-bond acceptors (Lipinski definition) is 7. The fraction of sp³-hybridized carbons (Fsp3) is 0.273. The standard InChI is InChI=1S/C22H24Cl2N6O6S/c1-14(31)26-15-6-8-16(9-7-15)37(35,36)27-20(12-22(33)34)21(32)13-30(2)29-28-25-11-10-17-18(23)4-3-5-19(17)24/h3-9,11,20,27H,10,12-13H2,1-2H3,(H,26,31)(H,33,34). The molecule has 198 valence electrons. The van der Waals surface area contributed by atoms with Crippen molar-refractivity contribution in [1.82, 2.24) is 9.73 Å². The van der Waals surface area contributed by atoms with Gasteiger partial charge in [-0.1, -0.05) is 34.5 Å². The van der Waals surface area contributed by atoms with Crippen LogP contribution >= 0.6 is 23.2 Å². The normalized spacial score (nSPS) is 12.5. The summed E-state index contributed by atoms with van der Waals surface area (Å²) >= 11 is 12.1. The SMILES string of the molecule is CC(=O)Nc1ccc(S(=O)(=O)NC(CC(=O)O)C(=O)CN(C)N=NN=CCc2c(Cl)cccc2Cl)cc1. The van der Waals surface area contributed by atoms with E-state index in [4.69, 9.17) is 28.3 Å². The quantitative estimate of drug-likeness (QED) is 0.188. The highest BCUT2D eigenvalue weighted by atomic mass is 35.5. The second kappa shape index (κ2) is 13.8. The molecule has 0 saturated carbocycles. The molecule has 1 atom stereocenters. The molecule has 1 unspecified atom stereocenters. The minimum Gasteiger partial charge on any atom is -0.481 e. The van der Waals surface area contributed by atoms with Gasteiger partial charge in [0, 0.05) is 42.3 Å². The average Bonchev–Trinajstić information content (AvgIpc) is 2.79. The molecule has 0 bridgehead atoms. The van der Waals surface area contributed by atoms with Gasteiger partial charge in [-0.15, -0.1) is 5.10 Å². The number of carbonyl (C=O) groups is 3. The zero-order chi connectivity index (χ0) is 27.6. The highest BCUT2D eigenvalue weighted by Crippen LogP contribution is 2.24. The van der Waals surface area contributed by atoms with Crippen LogP contribution in [0.3, 0.4) is 0 Å². The summed E-state index contributed by atoms with van der Waals surface area (Å²) in [5.74, 6) is -2.47. The third-order valence-electron chi connectivity index (χ3n) is 4.62. The van der Waals surface area contributed by atoms with E-state index in [1.165, 1.54) is 44.5 Å². The Morgan fingerprint density at radius 2 is 1.73 bits per heavy atom. The van der Waals surface area contributed by atoms with E-state index in [0.29, 0.717) is 21.3 Å². The van der Waals surface area contributed by atoms with Crippen molar-refractivity contribution in [2.45, 2.75) is 30.7 Å². The van der Waals surface area contributed by atoms with E-state index in [2.05, 4.69) is 25.6 Å². The lowest BCUT2D eigenvalue weighted by Gasteiger charge is -2.18. The van der Waals surface area contributed by atoms with Gasteiger partial charge in [0.25, 0.3) is 0 Å². The zero-order valence-corrected chi connectivity index (χ0v) is 22.1. The summed E-state index contributed by atoms with van der Waals surface area (Å²) in [6, 6.07) is 8.64.